The molecule has 6 heteroatoms. The van der Waals surface area contributed by atoms with Crippen LogP contribution < -0.4 is 0 Å². The first-order valence-electron chi connectivity index (χ1n) is 35.9. The Bertz CT molecular complexity index is 1500. The van der Waals surface area contributed by atoms with Crippen LogP contribution in [0.4, 0.5) is 0 Å². The lowest BCUT2D eigenvalue weighted by atomic mass is 10.0. The van der Waals surface area contributed by atoms with Crippen LogP contribution in [0.25, 0.3) is 0 Å². The molecule has 0 aromatic heterocycles. The molecule has 1 atom stereocenters. The molecule has 0 aromatic rings. The second kappa shape index (κ2) is 70.3. The van der Waals surface area contributed by atoms with Gasteiger partial charge in [-0.15, -0.1) is 0 Å². The van der Waals surface area contributed by atoms with Gasteiger partial charge in [0.2, 0.25) is 0 Å². The highest BCUT2D eigenvalue weighted by molar-refractivity contribution is 5.71. The summed E-state index contributed by atoms with van der Waals surface area (Å²) in [6.45, 7) is 6.57. The van der Waals surface area contributed by atoms with Crippen molar-refractivity contribution < 1.29 is 28.6 Å². The van der Waals surface area contributed by atoms with Crippen LogP contribution in [0, 0.1) is 0 Å². The fourth-order valence-electron chi connectivity index (χ4n) is 10.5. The lowest BCUT2D eigenvalue weighted by molar-refractivity contribution is -0.167. The quantitative estimate of drug-likeness (QED) is 0.0261. The van der Waals surface area contributed by atoms with Crippen molar-refractivity contribution in [1.82, 2.24) is 0 Å². The van der Waals surface area contributed by atoms with E-state index in [1.807, 2.05) is 0 Å². The van der Waals surface area contributed by atoms with Gasteiger partial charge in [-0.25, -0.2) is 0 Å². The molecular formula is C76H136O6. The molecule has 0 aliphatic rings. The molecule has 0 aliphatic carbocycles. The Kier molecular flexibility index (Phi) is 67.6. The van der Waals surface area contributed by atoms with E-state index >= 15 is 0 Å². The zero-order chi connectivity index (χ0) is 59.2. The Labute approximate surface area is 510 Å². The van der Waals surface area contributed by atoms with Gasteiger partial charge in [0, 0.05) is 19.3 Å². The van der Waals surface area contributed by atoms with Gasteiger partial charge >= 0.3 is 17.9 Å². The van der Waals surface area contributed by atoms with Crippen molar-refractivity contribution in [2.75, 3.05) is 13.2 Å². The molecule has 0 radical (unpaired) electrons. The number of hydrogen-bond donors (Lipinski definition) is 0. The van der Waals surface area contributed by atoms with Crippen molar-refractivity contribution >= 4 is 17.9 Å². The lowest BCUT2D eigenvalue weighted by Crippen LogP contribution is -2.30. The largest absolute Gasteiger partial charge is 0.462 e. The molecule has 82 heavy (non-hydrogen) atoms. The fraction of sp³-hybridized carbons (Fsp3) is 0.803. The van der Waals surface area contributed by atoms with E-state index in [4.69, 9.17) is 14.2 Å². The summed E-state index contributed by atoms with van der Waals surface area (Å²) in [5, 5.41) is 0. The summed E-state index contributed by atoms with van der Waals surface area (Å²) in [5.74, 6) is -0.877. The van der Waals surface area contributed by atoms with Gasteiger partial charge in [0.05, 0.1) is 0 Å². The van der Waals surface area contributed by atoms with E-state index < -0.39 is 6.10 Å². The van der Waals surface area contributed by atoms with Gasteiger partial charge in [0.25, 0.3) is 0 Å². The summed E-state index contributed by atoms with van der Waals surface area (Å²) >= 11 is 0. The first kappa shape index (κ1) is 78.8. The third-order valence-corrected chi connectivity index (χ3v) is 15.9. The van der Waals surface area contributed by atoms with Crippen LogP contribution in [0.2, 0.25) is 0 Å². The van der Waals surface area contributed by atoms with Gasteiger partial charge < -0.3 is 14.2 Å². The normalized spacial score (nSPS) is 12.5. The zero-order valence-electron chi connectivity index (χ0n) is 54.8. The van der Waals surface area contributed by atoms with E-state index in [9.17, 15) is 14.4 Å². The molecule has 0 heterocycles. The third kappa shape index (κ3) is 67.6. The summed E-state index contributed by atoms with van der Waals surface area (Å²) in [6.07, 6.45) is 92.2. The Morgan fingerprint density at radius 2 is 0.476 bits per heavy atom. The highest BCUT2D eigenvalue weighted by atomic mass is 16.6. The van der Waals surface area contributed by atoms with Crippen LogP contribution >= 0.6 is 0 Å². The van der Waals surface area contributed by atoms with E-state index in [-0.39, 0.29) is 31.1 Å². The summed E-state index contributed by atoms with van der Waals surface area (Å²) < 4.78 is 17.0. The topological polar surface area (TPSA) is 78.9 Å². The van der Waals surface area contributed by atoms with E-state index in [2.05, 4.69) is 93.7 Å². The van der Waals surface area contributed by atoms with Crippen molar-refractivity contribution in [3.05, 3.63) is 72.9 Å². The summed E-state index contributed by atoms with van der Waals surface area (Å²) in [6, 6.07) is 0. The molecule has 6 nitrogen and oxygen atoms in total. The lowest BCUT2D eigenvalue weighted by Gasteiger charge is -2.18. The summed E-state index contributed by atoms with van der Waals surface area (Å²) in [5.41, 5.74) is 0. The first-order chi connectivity index (χ1) is 40.5. The van der Waals surface area contributed by atoms with Gasteiger partial charge in [-0.1, -0.05) is 318 Å². The first-order valence-corrected chi connectivity index (χ1v) is 35.9. The Hall–Kier alpha value is -3.15. The standard InChI is InChI=1S/C76H136O6/c1-4-7-10-13-16-19-22-25-28-31-34-35-36-37-38-39-40-41-43-45-48-51-54-57-60-63-66-69-75(78)81-72-73(71-80-74(77)68-65-62-59-56-53-50-47-44-33-30-27-24-21-18-15-12-9-6-3)82-76(79)70-67-64-61-58-55-52-49-46-42-32-29-26-23-20-17-14-11-8-5-2/h8,11,17,20,26,29-31,33-34,42,46,73H,4-7,9-10,12-16,18-19,21-25,27-28,32,35-41,43-45,47-72H2,1-3H3/b11-8-,20-17-,29-26-,33-30-,34-31-,46-42-. The minimum Gasteiger partial charge on any atom is -0.462 e. The van der Waals surface area contributed by atoms with Gasteiger partial charge in [-0.3, -0.25) is 14.4 Å². The molecule has 0 aliphatic heterocycles. The number of carbonyl (C=O) groups excluding carboxylic acids is 3. The maximum Gasteiger partial charge on any atom is 0.306 e. The monoisotopic (exact) mass is 1150 g/mol. The number of unbranched alkanes of at least 4 members (excludes halogenated alkanes) is 43. The predicted octanol–water partition coefficient (Wildman–Crippen LogP) is 24.8. The molecule has 0 N–H and O–H groups in total. The molecule has 0 fully saturated rings. The average Bonchev–Trinajstić information content (AvgIpc) is 3.47. The Morgan fingerprint density at radius 1 is 0.256 bits per heavy atom. The zero-order valence-corrected chi connectivity index (χ0v) is 54.8. The van der Waals surface area contributed by atoms with Crippen molar-refractivity contribution in [3.8, 4) is 0 Å². The maximum atomic E-state index is 13.0. The Morgan fingerprint density at radius 3 is 0.756 bits per heavy atom. The number of ether oxygens (including phenoxy) is 3. The van der Waals surface area contributed by atoms with Crippen LogP contribution in [0.1, 0.15) is 374 Å². The number of carbonyl (C=O) groups is 3. The van der Waals surface area contributed by atoms with E-state index in [1.54, 1.807) is 0 Å². The molecular weight excluding hydrogens is 1010 g/mol. The number of esters is 3. The summed E-state index contributed by atoms with van der Waals surface area (Å²) in [7, 11) is 0. The Balaban J connectivity index is 4.31. The van der Waals surface area contributed by atoms with Gasteiger partial charge in [0.1, 0.15) is 13.2 Å². The molecule has 0 bridgehead atoms. The van der Waals surface area contributed by atoms with Crippen LogP contribution in [0.15, 0.2) is 72.9 Å². The third-order valence-electron chi connectivity index (χ3n) is 15.9. The molecule has 0 saturated heterocycles. The second-order valence-corrected chi connectivity index (χ2v) is 24.1. The molecule has 0 amide bonds. The van der Waals surface area contributed by atoms with Gasteiger partial charge in [0.15, 0.2) is 6.10 Å². The predicted molar refractivity (Wildman–Crippen MR) is 358 cm³/mol. The van der Waals surface area contributed by atoms with Crippen molar-refractivity contribution in [2.45, 2.75) is 380 Å². The molecule has 1 unspecified atom stereocenters. The molecule has 476 valence electrons. The van der Waals surface area contributed by atoms with Gasteiger partial charge in [-0.05, 0) is 109 Å². The SMILES string of the molecule is CC/C=C\C/C=C\C/C=C\C/C=C\CCCCCCCCC(=O)OC(COC(=O)CCCCCCCCC/C=C\CCCCCCCCC)COC(=O)CCCCCCCCCCCCCCCCC/C=C\CCCCCCCCCC. The molecule has 0 rings (SSSR count). The van der Waals surface area contributed by atoms with Crippen LogP contribution in [-0.4, -0.2) is 37.2 Å². The van der Waals surface area contributed by atoms with Gasteiger partial charge in [-0.2, -0.15) is 0 Å². The minimum atomic E-state index is -0.786. The van der Waals surface area contributed by atoms with Crippen LogP contribution in [0.3, 0.4) is 0 Å². The number of allylic oxidation sites excluding steroid dienone is 12. The van der Waals surface area contributed by atoms with E-state index in [0.717, 1.165) is 96.3 Å². The maximum absolute atomic E-state index is 13.0. The minimum absolute atomic E-state index is 0.0799. The van der Waals surface area contributed by atoms with E-state index in [1.165, 1.54) is 238 Å². The summed E-state index contributed by atoms with van der Waals surface area (Å²) in [4.78, 5) is 38.5. The van der Waals surface area contributed by atoms with Crippen molar-refractivity contribution in [2.24, 2.45) is 0 Å². The second-order valence-electron chi connectivity index (χ2n) is 24.1. The number of rotatable bonds is 66. The average molecular weight is 1150 g/mol. The highest BCUT2D eigenvalue weighted by Gasteiger charge is 2.19. The van der Waals surface area contributed by atoms with Crippen LogP contribution in [-0.2, 0) is 28.6 Å². The fourth-order valence-corrected chi connectivity index (χ4v) is 10.5. The van der Waals surface area contributed by atoms with Crippen molar-refractivity contribution in [3.63, 3.8) is 0 Å². The van der Waals surface area contributed by atoms with Crippen molar-refractivity contribution in [1.29, 1.82) is 0 Å². The smallest absolute Gasteiger partial charge is 0.306 e. The molecule has 0 spiro atoms. The molecule has 0 aromatic carbocycles. The highest BCUT2D eigenvalue weighted by Crippen LogP contribution is 2.18. The van der Waals surface area contributed by atoms with E-state index in [0.29, 0.717) is 19.3 Å². The number of hydrogen-bond acceptors (Lipinski definition) is 6. The van der Waals surface area contributed by atoms with Crippen LogP contribution in [0.5, 0.6) is 0 Å². The molecule has 0 saturated carbocycles.